The fraction of sp³-hybridized carbons (Fsp3) is 0.556. The van der Waals surface area contributed by atoms with Crippen LogP contribution in [0.5, 0.6) is 5.75 Å². The van der Waals surface area contributed by atoms with Gasteiger partial charge in [-0.25, -0.2) is 8.78 Å². The van der Waals surface area contributed by atoms with Crippen molar-refractivity contribution < 1.29 is 31.5 Å². The van der Waals surface area contributed by atoms with E-state index in [2.05, 4.69) is 10.3 Å². The van der Waals surface area contributed by atoms with Crippen LogP contribution in [0, 0.1) is 23.0 Å². The summed E-state index contributed by atoms with van der Waals surface area (Å²) in [6.45, 7) is 0.960. The van der Waals surface area contributed by atoms with Crippen molar-refractivity contribution in [2.75, 3.05) is 13.2 Å². The maximum absolute atomic E-state index is 14.0. The van der Waals surface area contributed by atoms with Gasteiger partial charge in [0.25, 0.3) is 0 Å². The van der Waals surface area contributed by atoms with E-state index in [4.69, 9.17) is 4.74 Å². The van der Waals surface area contributed by atoms with Crippen LogP contribution in [-0.4, -0.2) is 35.0 Å². The zero-order valence-corrected chi connectivity index (χ0v) is 20.2. The quantitative estimate of drug-likeness (QED) is 0.556. The van der Waals surface area contributed by atoms with E-state index in [0.717, 1.165) is 44.0 Å². The predicted molar refractivity (Wildman–Crippen MR) is 124 cm³/mol. The third-order valence-electron chi connectivity index (χ3n) is 8.75. The first kappa shape index (κ1) is 24.6. The molecule has 3 heterocycles. The van der Waals surface area contributed by atoms with Crippen LogP contribution in [0.3, 0.4) is 0 Å². The normalized spacial score (nSPS) is 28.9. The SMILES string of the molecule is O=C(N1CCc2ncc(C(F)(F)F)cc2C1)[C@@]12CCC[C@@H]1C[C@@H](N[C@@H]1CCOc3cc(F)c(F)cc31)C2. The highest BCUT2D eigenvalue weighted by Crippen LogP contribution is 2.56. The van der Waals surface area contributed by atoms with Crippen LogP contribution in [0.1, 0.15) is 67.0 Å². The lowest BCUT2D eigenvalue weighted by Gasteiger charge is -2.37. The Labute approximate surface area is 211 Å². The molecule has 1 amide bonds. The van der Waals surface area contributed by atoms with Crippen molar-refractivity contribution in [2.24, 2.45) is 11.3 Å². The van der Waals surface area contributed by atoms with Gasteiger partial charge in [-0.15, -0.1) is 0 Å². The van der Waals surface area contributed by atoms with Crippen LogP contribution in [0.2, 0.25) is 0 Å². The number of hydrogen-bond donors (Lipinski definition) is 1. The molecule has 6 rings (SSSR count). The first-order valence-electron chi connectivity index (χ1n) is 12.9. The number of halogens is 5. The number of amides is 1. The van der Waals surface area contributed by atoms with Crippen LogP contribution < -0.4 is 10.1 Å². The van der Waals surface area contributed by atoms with E-state index in [-0.39, 0.29) is 30.5 Å². The standard InChI is InChI=1S/C27H28F5N3O2/c28-20-10-19-23(4-7-37-24(19)11-21(20)29)34-18-9-16-2-1-5-26(16,12-18)25(36)35-6-3-22-15(14-35)8-17(13-33-22)27(30,31)32/h8,10-11,13,16,18,23,34H,1-7,9,12,14H2/t16-,18-,23-,26-/m1/s1. The fourth-order valence-corrected chi connectivity index (χ4v) is 7.03. The minimum atomic E-state index is -4.48. The highest BCUT2D eigenvalue weighted by molar-refractivity contribution is 5.84. The van der Waals surface area contributed by atoms with Crippen molar-refractivity contribution in [3.63, 3.8) is 0 Å². The largest absolute Gasteiger partial charge is 0.493 e. The Hall–Kier alpha value is -2.75. The average Bonchev–Trinajstić information content (AvgIpc) is 3.41. The number of aromatic nitrogens is 1. The Morgan fingerprint density at radius 3 is 2.78 bits per heavy atom. The van der Waals surface area contributed by atoms with Crippen molar-refractivity contribution >= 4 is 5.91 Å². The highest BCUT2D eigenvalue weighted by Gasteiger charge is 2.56. The van der Waals surface area contributed by atoms with Gasteiger partial charge in [-0.3, -0.25) is 9.78 Å². The number of fused-ring (bicyclic) bond motifs is 3. The molecule has 0 radical (unpaired) electrons. The van der Waals surface area contributed by atoms with E-state index >= 15 is 0 Å². The summed E-state index contributed by atoms with van der Waals surface area (Å²) in [7, 11) is 0. The third kappa shape index (κ3) is 4.27. The molecule has 198 valence electrons. The van der Waals surface area contributed by atoms with Crippen molar-refractivity contribution in [2.45, 2.75) is 69.8 Å². The first-order chi connectivity index (χ1) is 17.6. The summed E-state index contributed by atoms with van der Waals surface area (Å²) in [5.41, 5.74) is 0.317. The van der Waals surface area contributed by atoms with Gasteiger partial charge >= 0.3 is 6.18 Å². The third-order valence-corrected chi connectivity index (χ3v) is 8.75. The monoisotopic (exact) mass is 521 g/mol. The summed E-state index contributed by atoms with van der Waals surface area (Å²) in [6, 6.07) is 3.21. The molecule has 0 unspecified atom stereocenters. The highest BCUT2D eigenvalue weighted by atomic mass is 19.4. The van der Waals surface area contributed by atoms with Crippen LogP contribution in [-0.2, 0) is 23.9 Å². The first-order valence-corrected chi connectivity index (χ1v) is 12.9. The van der Waals surface area contributed by atoms with E-state index in [9.17, 15) is 26.7 Å². The zero-order valence-electron chi connectivity index (χ0n) is 20.2. The van der Waals surface area contributed by atoms with E-state index in [1.807, 2.05) is 0 Å². The van der Waals surface area contributed by atoms with Gasteiger partial charge in [0, 0.05) is 61.5 Å². The molecule has 1 N–H and O–H groups in total. The number of carbonyl (C=O) groups is 1. The van der Waals surface area contributed by atoms with Gasteiger partial charge in [-0.1, -0.05) is 6.42 Å². The lowest BCUT2D eigenvalue weighted by molar-refractivity contribution is -0.144. The molecule has 2 aromatic rings. The average molecular weight is 522 g/mol. The van der Waals surface area contributed by atoms with Gasteiger partial charge in [0.15, 0.2) is 11.6 Å². The van der Waals surface area contributed by atoms with Gasteiger partial charge in [0.05, 0.1) is 17.6 Å². The van der Waals surface area contributed by atoms with Gasteiger partial charge in [0.1, 0.15) is 5.75 Å². The van der Waals surface area contributed by atoms with Crippen LogP contribution in [0.25, 0.3) is 0 Å². The number of alkyl halides is 3. The summed E-state index contributed by atoms with van der Waals surface area (Å²) >= 11 is 0. The topological polar surface area (TPSA) is 54.5 Å². The molecule has 0 saturated heterocycles. The number of benzene rings is 1. The van der Waals surface area contributed by atoms with E-state index in [1.54, 1.807) is 4.90 Å². The van der Waals surface area contributed by atoms with Gasteiger partial charge in [0.2, 0.25) is 5.91 Å². The lowest BCUT2D eigenvalue weighted by Crippen LogP contribution is -2.47. The predicted octanol–water partition coefficient (Wildman–Crippen LogP) is 5.33. The lowest BCUT2D eigenvalue weighted by atomic mass is 9.78. The van der Waals surface area contributed by atoms with Gasteiger partial charge < -0.3 is 15.0 Å². The van der Waals surface area contributed by atoms with E-state index in [1.165, 1.54) is 6.07 Å². The van der Waals surface area contributed by atoms with Crippen molar-refractivity contribution in [3.05, 3.63) is 58.4 Å². The maximum atomic E-state index is 14.0. The number of hydrogen-bond acceptors (Lipinski definition) is 4. The summed E-state index contributed by atoms with van der Waals surface area (Å²) in [6.07, 6.45) is 1.47. The zero-order chi connectivity index (χ0) is 25.9. The summed E-state index contributed by atoms with van der Waals surface area (Å²) in [5, 5.41) is 3.60. The number of nitrogens with zero attached hydrogens (tertiary/aromatic N) is 2. The maximum Gasteiger partial charge on any atom is 0.417 e. The molecule has 2 saturated carbocycles. The Morgan fingerprint density at radius 2 is 1.97 bits per heavy atom. The summed E-state index contributed by atoms with van der Waals surface area (Å²) < 4.78 is 72.9. The van der Waals surface area contributed by atoms with Crippen LogP contribution in [0.15, 0.2) is 24.4 Å². The Kier molecular flexibility index (Phi) is 5.93. The van der Waals surface area contributed by atoms with Crippen molar-refractivity contribution in [1.29, 1.82) is 0 Å². The van der Waals surface area contributed by atoms with Crippen molar-refractivity contribution in [3.8, 4) is 5.75 Å². The number of rotatable bonds is 3. The second-order valence-corrected chi connectivity index (χ2v) is 10.8. The molecule has 0 spiro atoms. The molecule has 2 fully saturated rings. The summed E-state index contributed by atoms with van der Waals surface area (Å²) in [4.78, 5) is 19.7. The number of pyridine rings is 1. The molecular weight excluding hydrogens is 493 g/mol. The molecular formula is C27H28F5N3O2. The molecule has 10 heteroatoms. The second-order valence-electron chi connectivity index (χ2n) is 10.8. The molecule has 1 aromatic heterocycles. The van der Waals surface area contributed by atoms with E-state index in [0.29, 0.717) is 55.0 Å². The molecule has 4 aliphatic rings. The minimum Gasteiger partial charge on any atom is -0.493 e. The Bertz CT molecular complexity index is 1240. The molecule has 2 aliphatic carbocycles. The van der Waals surface area contributed by atoms with Crippen molar-refractivity contribution in [1.82, 2.24) is 15.2 Å². The molecule has 5 nitrogen and oxygen atoms in total. The van der Waals surface area contributed by atoms with Crippen LogP contribution >= 0.6 is 0 Å². The van der Waals surface area contributed by atoms with E-state index < -0.39 is 28.8 Å². The number of nitrogens with one attached hydrogen (secondary N) is 1. The molecule has 2 aliphatic heterocycles. The van der Waals surface area contributed by atoms with Crippen LogP contribution in [0.4, 0.5) is 22.0 Å². The second kappa shape index (κ2) is 8.92. The van der Waals surface area contributed by atoms with Gasteiger partial charge in [-0.2, -0.15) is 13.2 Å². The minimum absolute atomic E-state index is 0.0165. The smallest absolute Gasteiger partial charge is 0.417 e. The molecule has 4 atom stereocenters. The Balaban J connectivity index is 1.20. The molecule has 37 heavy (non-hydrogen) atoms. The molecule has 0 bridgehead atoms. The van der Waals surface area contributed by atoms with Gasteiger partial charge in [-0.05, 0) is 49.3 Å². The molecule has 1 aromatic carbocycles. The summed E-state index contributed by atoms with van der Waals surface area (Å²) in [5.74, 6) is -1.32. The number of ether oxygens (including phenoxy) is 1. The fourth-order valence-electron chi connectivity index (χ4n) is 7.03. The number of carbonyl (C=O) groups excluding carboxylic acids is 1. The Morgan fingerprint density at radius 1 is 1.16 bits per heavy atom.